The zero-order valence-electron chi connectivity index (χ0n) is 15.3. The van der Waals surface area contributed by atoms with Crippen molar-refractivity contribution in [3.8, 4) is 0 Å². The number of nitrogens with zero attached hydrogens (tertiary/aromatic N) is 3. The molecule has 8 heteroatoms. The molecule has 0 aliphatic carbocycles. The van der Waals surface area contributed by atoms with E-state index in [0.717, 1.165) is 12.2 Å². The number of rotatable bonds is 7. The summed E-state index contributed by atoms with van der Waals surface area (Å²) < 4.78 is 1.93. The number of anilines is 1. The number of ketones is 1. The number of nitrogens with one attached hydrogen (secondary N) is 1. The Balaban J connectivity index is 1.61. The summed E-state index contributed by atoms with van der Waals surface area (Å²) in [5.74, 6) is 0.739. The van der Waals surface area contributed by atoms with Gasteiger partial charge in [0.2, 0.25) is 5.91 Å². The Morgan fingerprint density at radius 2 is 1.96 bits per heavy atom. The maximum Gasteiger partial charge on any atom is 0.237 e. The lowest BCUT2D eigenvalue weighted by Gasteiger charge is -2.12. The van der Waals surface area contributed by atoms with Crippen LogP contribution in [0.15, 0.2) is 46.9 Å². The summed E-state index contributed by atoms with van der Waals surface area (Å²) in [5.41, 5.74) is 1.28. The van der Waals surface area contributed by atoms with Gasteiger partial charge < -0.3 is 9.88 Å². The second kappa shape index (κ2) is 8.49. The van der Waals surface area contributed by atoms with Crippen LogP contribution < -0.4 is 5.32 Å². The fourth-order valence-corrected chi connectivity index (χ4v) is 3.95. The minimum absolute atomic E-state index is 0.00238. The lowest BCUT2D eigenvalue weighted by Crippen LogP contribution is -2.22. The molecule has 0 spiro atoms. The van der Waals surface area contributed by atoms with Crippen molar-refractivity contribution in [1.82, 2.24) is 14.8 Å². The first-order chi connectivity index (χ1) is 12.9. The third-order valence-corrected chi connectivity index (χ3v) is 6.06. The molecule has 1 unspecified atom stereocenters. The molecule has 0 fully saturated rings. The van der Waals surface area contributed by atoms with Crippen molar-refractivity contribution in [2.45, 2.75) is 30.7 Å². The molecule has 3 aromatic rings. The van der Waals surface area contributed by atoms with Gasteiger partial charge in [0.25, 0.3) is 0 Å². The SMILES string of the molecule is CC(=O)c1ccc(NC(=O)C(C)Sc2nnc(Cc3cccs3)n2C)cc1. The Labute approximate surface area is 166 Å². The Kier molecular flexibility index (Phi) is 6.08. The van der Waals surface area contributed by atoms with Gasteiger partial charge in [-0.15, -0.1) is 21.5 Å². The highest BCUT2D eigenvalue weighted by molar-refractivity contribution is 8.00. The van der Waals surface area contributed by atoms with Gasteiger partial charge in [0.15, 0.2) is 10.9 Å². The number of benzene rings is 1. The van der Waals surface area contributed by atoms with Crippen LogP contribution in [-0.2, 0) is 18.3 Å². The maximum atomic E-state index is 12.5. The van der Waals surface area contributed by atoms with E-state index in [1.54, 1.807) is 35.6 Å². The summed E-state index contributed by atoms with van der Waals surface area (Å²) in [6.07, 6.45) is 0.727. The monoisotopic (exact) mass is 400 g/mol. The lowest BCUT2D eigenvalue weighted by molar-refractivity contribution is -0.115. The van der Waals surface area contributed by atoms with Crippen LogP contribution in [-0.4, -0.2) is 31.7 Å². The van der Waals surface area contributed by atoms with Gasteiger partial charge in [0, 0.05) is 29.6 Å². The third kappa shape index (κ3) is 4.84. The van der Waals surface area contributed by atoms with E-state index in [0.29, 0.717) is 16.4 Å². The number of Topliss-reactive ketones (excluding diaryl/α,β-unsaturated/α-hetero) is 1. The van der Waals surface area contributed by atoms with Gasteiger partial charge in [-0.25, -0.2) is 0 Å². The van der Waals surface area contributed by atoms with Crippen LogP contribution in [0.2, 0.25) is 0 Å². The zero-order chi connectivity index (χ0) is 19.4. The second-order valence-electron chi connectivity index (χ2n) is 6.10. The summed E-state index contributed by atoms with van der Waals surface area (Å²) in [7, 11) is 1.91. The molecule has 1 amide bonds. The number of hydrogen-bond donors (Lipinski definition) is 1. The molecule has 2 heterocycles. The lowest BCUT2D eigenvalue weighted by atomic mass is 10.1. The first kappa shape index (κ1) is 19.3. The topological polar surface area (TPSA) is 76.9 Å². The molecule has 6 nitrogen and oxygen atoms in total. The maximum absolute atomic E-state index is 12.5. The normalized spacial score (nSPS) is 12.0. The van der Waals surface area contributed by atoms with Crippen molar-refractivity contribution in [2.24, 2.45) is 7.05 Å². The number of carbonyl (C=O) groups is 2. The van der Waals surface area contributed by atoms with Crippen LogP contribution in [0.4, 0.5) is 5.69 Å². The van der Waals surface area contributed by atoms with E-state index in [9.17, 15) is 9.59 Å². The Bertz CT molecular complexity index is 933. The van der Waals surface area contributed by atoms with E-state index in [1.165, 1.54) is 23.6 Å². The molecular weight excluding hydrogens is 380 g/mol. The summed E-state index contributed by atoms with van der Waals surface area (Å²) in [4.78, 5) is 25.0. The molecule has 2 aromatic heterocycles. The number of aromatic nitrogens is 3. The van der Waals surface area contributed by atoms with Gasteiger partial charge in [-0.2, -0.15) is 0 Å². The van der Waals surface area contributed by atoms with Gasteiger partial charge in [-0.1, -0.05) is 17.8 Å². The standard InChI is InChI=1S/C19H20N4O2S2/c1-12(24)14-6-8-15(9-7-14)20-18(25)13(2)27-19-22-21-17(23(19)3)11-16-5-4-10-26-16/h4-10,13H,11H2,1-3H3,(H,20,25). The van der Waals surface area contributed by atoms with Gasteiger partial charge in [0.05, 0.1) is 5.25 Å². The van der Waals surface area contributed by atoms with Crippen molar-refractivity contribution in [3.63, 3.8) is 0 Å². The van der Waals surface area contributed by atoms with E-state index in [-0.39, 0.29) is 16.9 Å². The van der Waals surface area contributed by atoms with E-state index >= 15 is 0 Å². The summed E-state index contributed by atoms with van der Waals surface area (Å²) in [6, 6.07) is 11.0. The molecule has 1 atom stereocenters. The van der Waals surface area contributed by atoms with Crippen LogP contribution >= 0.6 is 23.1 Å². The molecule has 0 radical (unpaired) electrons. The fraction of sp³-hybridized carbons (Fsp3) is 0.263. The van der Waals surface area contributed by atoms with E-state index in [4.69, 9.17) is 0 Å². The largest absolute Gasteiger partial charge is 0.325 e. The zero-order valence-corrected chi connectivity index (χ0v) is 16.9. The van der Waals surface area contributed by atoms with Crippen LogP contribution in [0, 0.1) is 0 Å². The highest BCUT2D eigenvalue weighted by atomic mass is 32.2. The van der Waals surface area contributed by atoms with Crippen molar-refractivity contribution in [1.29, 1.82) is 0 Å². The fourth-order valence-electron chi connectivity index (χ4n) is 2.41. The molecule has 3 rings (SSSR count). The van der Waals surface area contributed by atoms with Crippen LogP contribution in [0.3, 0.4) is 0 Å². The molecule has 0 aliphatic heterocycles. The van der Waals surface area contributed by atoms with Gasteiger partial charge in [-0.3, -0.25) is 9.59 Å². The number of thiophene rings is 1. The van der Waals surface area contributed by atoms with Crippen LogP contribution in [0.5, 0.6) is 0 Å². The van der Waals surface area contributed by atoms with Gasteiger partial charge >= 0.3 is 0 Å². The van der Waals surface area contributed by atoms with Crippen LogP contribution in [0.25, 0.3) is 0 Å². The van der Waals surface area contributed by atoms with Crippen LogP contribution in [0.1, 0.15) is 34.9 Å². The molecule has 1 N–H and O–H groups in total. The Morgan fingerprint density at radius 1 is 1.22 bits per heavy atom. The second-order valence-corrected chi connectivity index (χ2v) is 8.44. The molecular formula is C19H20N4O2S2. The van der Waals surface area contributed by atoms with Crippen molar-refractivity contribution in [2.75, 3.05) is 5.32 Å². The smallest absolute Gasteiger partial charge is 0.237 e. The average molecular weight is 401 g/mol. The minimum atomic E-state index is -0.338. The molecule has 140 valence electrons. The average Bonchev–Trinajstić information content (AvgIpc) is 3.27. The van der Waals surface area contributed by atoms with Crippen molar-refractivity contribution in [3.05, 3.63) is 58.0 Å². The summed E-state index contributed by atoms with van der Waals surface area (Å²) in [6.45, 7) is 3.34. The Hall–Kier alpha value is -2.45. The molecule has 0 aliphatic rings. The Morgan fingerprint density at radius 3 is 2.59 bits per heavy atom. The first-order valence-corrected chi connectivity index (χ1v) is 10.2. The van der Waals surface area contributed by atoms with E-state index < -0.39 is 0 Å². The molecule has 0 saturated carbocycles. The molecule has 0 saturated heterocycles. The third-order valence-electron chi connectivity index (χ3n) is 4.05. The molecule has 0 bridgehead atoms. The highest BCUT2D eigenvalue weighted by Gasteiger charge is 2.19. The van der Waals surface area contributed by atoms with E-state index in [2.05, 4.69) is 21.6 Å². The first-order valence-electron chi connectivity index (χ1n) is 8.43. The number of hydrogen-bond acceptors (Lipinski definition) is 6. The van der Waals surface area contributed by atoms with Gasteiger partial charge in [-0.05, 0) is 49.6 Å². The predicted octanol–water partition coefficient (Wildman–Crippen LogP) is 3.79. The number of thioether (sulfide) groups is 1. The predicted molar refractivity (Wildman–Crippen MR) is 109 cm³/mol. The van der Waals surface area contributed by atoms with Crippen molar-refractivity contribution >= 4 is 40.5 Å². The van der Waals surface area contributed by atoms with Gasteiger partial charge in [0.1, 0.15) is 5.82 Å². The summed E-state index contributed by atoms with van der Waals surface area (Å²) in [5, 5.41) is 13.7. The summed E-state index contributed by atoms with van der Waals surface area (Å²) >= 11 is 3.05. The van der Waals surface area contributed by atoms with E-state index in [1.807, 2.05) is 30.0 Å². The number of amides is 1. The number of carbonyl (C=O) groups excluding carboxylic acids is 2. The molecule has 1 aromatic carbocycles. The highest BCUT2D eigenvalue weighted by Crippen LogP contribution is 2.24. The molecule has 27 heavy (non-hydrogen) atoms. The quantitative estimate of drug-likeness (QED) is 0.482. The minimum Gasteiger partial charge on any atom is -0.325 e. The van der Waals surface area contributed by atoms with Crippen molar-refractivity contribution < 1.29 is 9.59 Å².